The van der Waals surface area contributed by atoms with Gasteiger partial charge in [0.25, 0.3) is 0 Å². The lowest BCUT2D eigenvalue weighted by molar-refractivity contribution is -0.138. The number of ether oxygens (including phenoxy) is 2. The second kappa shape index (κ2) is 9.51. The third-order valence-electron chi connectivity index (χ3n) is 6.05. The van der Waals surface area contributed by atoms with Gasteiger partial charge < -0.3 is 9.47 Å². The van der Waals surface area contributed by atoms with Crippen molar-refractivity contribution in [1.29, 1.82) is 0 Å². The minimum Gasteiger partial charge on any atom is -0.445 e. The van der Waals surface area contributed by atoms with Gasteiger partial charge in [-0.3, -0.25) is 9.69 Å². The first-order valence-electron chi connectivity index (χ1n) is 10.7. The molecule has 0 aliphatic carbocycles. The fourth-order valence-corrected chi connectivity index (χ4v) is 4.53. The Balaban J connectivity index is 1.40. The predicted octanol–water partition coefficient (Wildman–Crippen LogP) is 4.77. The van der Waals surface area contributed by atoms with E-state index in [-0.39, 0.29) is 49.7 Å². The van der Waals surface area contributed by atoms with Crippen molar-refractivity contribution in [3.8, 4) is 0 Å². The van der Waals surface area contributed by atoms with Crippen molar-refractivity contribution in [3.05, 3.63) is 71.0 Å². The van der Waals surface area contributed by atoms with Gasteiger partial charge in [0.1, 0.15) is 18.2 Å². The predicted molar refractivity (Wildman–Crippen MR) is 110 cm³/mol. The lowest BCUT2D eigenvalue weighted by Gasteiger charge is -2.47. The molecule has 4 rings (SSSR count). The van der Waals surface area contributed by atoms with Crippen molar-refractivity contribution in [2.75, 3.05) is 13.2 Å². The van der Waals surface area contributed by atoms with Crippen LogP contribution < -0.4 is 0 Å². The summed E-state index contributed by atoms with van der Waals surface area (Å²) in [5.74, 6) is -1.77. The highest BCUT2D eigenvalue weighted by Gasteiger charge is 2.44. The van der Waals surface area contributed by atoms with E-state index >= 15 is 0 Å². The van der Waals surface area contributed by atoms with Gasteiger partial charge in [0.15, 0.2) is 0 Å². The Bertz CT molecular complexity index is 997. The molecule has 2 aromatic rings. The monoisotopic (exact) mass is 465 g/mol. The fourth-order valence-electron chi connectivity index (χ4n) is 4.53. The summed E-state index contributed by atoms with van der Waals surface area (Å²) < 4.78 is 63.6. The van der Waals surface area contributed by atoms with Crippen LogP contribution in [0.2, 0.25) is 0 Å². The smallest absolute Gasteiger partial charge is 0.416 e. The van der Waals surface area contributed by atoms with Crippen molar-refractivity contribution in [2.45, 2.75) is 44.1 Å². The molecule has 0 N–H and O–H groups in total. The number of carbonyl (C=O) groups is 2. The molecule has 2 aliphatic heterocycles. The zero-order valence-electron chi connectivity index (χ0n) is 17.7. The number of amides is 1. The summed E-state index contributed by atoms with van der Waals surface area (Å²) in [4.78, 5) is 27.2. The Morgan fingerprint density at radius 3 is 2.30 bits per heavy atom. The first kappa shape index (κ1) is 23.2. The number of alkyl halides is 3. The third kappa shape index (κ3) is 5.52. The number of Topliss-reactive ketones (excluding diaryl/α,β-unsaturated/α-hetero) is 1. The Hall–Kier alpha value is -2.94. The minimum atomic E-state index is -4.69. The van der Waals surface area contributed by atoms with Gasteiger partial charge in [0.2, 0.25) is 0 Å². The van der Waals surface area contributed by atoms with Crippen molar-refractivity contribution < 1.29 is 36.6 Å². The molecule has 2 aliphatic rings. The van der Waals surface area contributed by atoms with E-state index in [9.17, 15) is 27.2 Å². The van der Waals surface area contributed by atoms with E-state index in [4.69, 9.17) is 9.47 Å². The van der Waals surface area contributed by atoms with Gasteiger partial charge in [-0.1, -0.05) is 30.3 Å². The van der Waals surface area contributed by atoms with Gasteiger partial charge in [-0.25, -0.2) is 9.18 Å². The molecular formula is C24H23F4NO4. The van der Waals surface area contributed by atoms with Crippen LogP contribution in [0.25, 0.3) is 0 Å². The van der Waals surface area contributed by atoms with Crippen molar-refractivity contribution in [2.24, 2.45) is 5.92 Å². The lowest BCUT2D eigenvalue weighted by Crippen LogP contribution is -2.60. The summed E-state index contributed by atoms with van der Waals surface area (Å²) in [7, 11) is 0. The van der Waals surface area contributed by atoms with Crippen LogP contribution in [0.5, 0.6) is 0 Å². The number of carbonyl (C=O) groups excluding carboxylic acids is 2. The molecule has 1 amide bonds. The van der Waals surface area contributed by atoms with Gasteiger partial charge >= 0.3 is 12.3 Å². The second-order valence-corrected chi connectivity index (χ2v) is 8.45. The molecule has 0 aromatic heterocycles. The summed E-state index contributed by atoms with van der Waals surface area (Å²) in [6, 6.07) is 10.7. The number of ketones is 1. The molecule has 2 fully saturated rings. The molecule has 0 radical (unpaired) electrons. The summed E-state index contributed by atoms with van der Waals surface area (Å²) in [5, 5.41) is 0. The molecule has 0 spiro atoms. The van der Waals surface area contributed by atoms with Crippen LogP contribution in [-0.2, 0) is 33.5 Å². The van der Waals surface area contributed by atoms with Gasteiger partial charge in [-0.15, -0.1) is 0 Å². The minimum absolute atomic E-state index is 0.0153. The third-order valence-corrected chi connectivity index (χ3v) is 6.05. The van der Waals surface area contributed by atoms with Crippen LogP contribution in [0.15, 0.2) is 48.5 Å². The second-order valence-electron chi connectivity index (χ2n) is 8.45. The number of piperidine rings is 1. The molecule has 2 bridgehead atoms. The SMILES string of the molecule is O=C(Cc1cc(F)cc(C(F)(F)F)c1)C1CC2COCC(C1)N2C(=O)OCc1ccccc1. The quantitative estimate of drug-likeness (QED) is 0.597. The van der Waals surface area contributed by atoms with E-state index in [1.165, 1.54) is 0 Å². The average molecular weight is 465 g/mol. The van der Waals surface area contributed by atoms with E-state index in [2.05, 4.69) is 0 Å². The van der Waals surface area contributed by atoms with E-state index < -0.39 is 29.6 Å². The highest BCUT2D eigenvalue weighted by atomic mass is 19.4. The molecule has 2 atom stereocenters. The maximum absolute atomic E-state index is 13.7. The first-order chi connectivity index (χ1) is 15.7. The van der Waals surface area contributed by atoms with Gasteiger partial charge in [-0.2, -0.15) is 13.2 Å². The van der Waals surface area contributed by atoms with E-state index in [0.29, 0.717) is 18.9 Å². The highest BCUT2D eigenvalue weighted by molar-refractivity contribution is 5.84. The van der Waals surface area contributed by atoms with Crippen molar-refractivity contribution >= 4 is 11.9 Å². The molecule has 5 nitrogen and oxygen atoms in total. The molecular weight excluding hydrogens is 442 g/mol. The Kier molecular flexibility index (Phi) is 6.69. The van der Waals surface area contributed by atoms with Gasteiger partial charge in [-0.05, 0) is 42.2 Å². The molecule has 2 aromatic carbocycles. The zero-order chi connectivity index (χ0) is 23.6. The Labute approximate surface area is 188 Å². The zero-order valence-corrected chi connectivity index (χ0v) is 17.7. The Morgan fingerprint density at radius 1 is 1.00 bits per heavy atom. The maximum Gasteiger partial charge on any atom is 0.416 e. The van der Waals surface area contributed by atoms with Crippen LogP contribution in [0, 0.1) is 11.7 Å². The molecule has 0 saturated carbocycles. The van der Waals surface area contributed by atoms with Crippen LogP contribution in [-0.4, -0.2) is 42.1 Å². The van der Waals surface area contributed by atoms with Gasteiger partial charge in [0, 0.05) is 12.3 Å². The van der Waals surface area contributed by atoms with Crippen LogP contribution >= 0.6 is 0 Å². The Morgan fingerprint density at radius 2 is 1.67 bits per heavy atom. The number of hydrogen-bond donors (Lipinski definition) is 0. The lowest BCUT2D eigenvalue weighted by atomic mass is 9.81. The van der Waals surface area contributed by atoms with Crippen LogP contribution in [0.3, 0.4) is 0 Å². The summed E-state index contributed by atoms with van der Waals surface area (Å²) in [5.41, 5.74) is -0.282. The highest BCUT2D eigenvalue weighted by Crippen LogP contribution is 2.34. The number of morpholine rings is 1. The fraction of sp³-hybridized carbons (Fsp3) is 0.417. The normalized spacial score (nSPS) is 22.7. The number of fused-ring (bicyclic) bond motifs is 2. The van der Waals surface area contributed by atoms with E-state index in [1.807, 2.05) is 30.3 Å². The maximum atomic E-state index is 13.7. The summed E-state index contributed by atoms with van der Waals surface area (Å²) >= 11 is 0. The molecule has 176 valence electrons. The molecule has 2 unspecified atom stereocenters. The number of halogens is 4. The standard InChI is InChI=1S/C24H23F4NO4/c25-19-7-16(6-18(11-19)24(26,27)28)8-22(30)17-9-20-13-32-14-21(10-17)29(20)23(31)33-12-15-4-2-1-3-5-15/h1-7,11,17,20-21H,8-10,12-14H2. The van der Waals surface area contributed by atoms with Crippen molar-refractivity contribution in [1.82, 2.24) is 4.90 Å². The van der Waals surface area contributed by atoms with E-state index in [1.54, 1.807) is 4.90 Å². The van der Waals surface area contributed by atoms with Crippen molar-refractivity contribution in [3.63, 3.8) is 0 Å². The van der Waals surface area contributed by atoms with Crippen LogP contribution in [0.1, 0.15) is 29.5 Å². The molecule has 9 heteroatoms. The number of benzene rings is 2. The number of rotatable bonds is 5. The van der Waals surface area contributed by atoms with E-state index in [0.717, 1.165) is 17.7 Å². The molecule has 33 heavy (non-hydrogen) atoms. The summed E-state index contributed by atoms with van der Waals surface area (Å²) in [6.45, 7) is 0.623. The average Bonchev–Trinajstić information content (AvgIpc) is 2.76. The largest absolute Gasteiger partial charge is 0.445 e. The van der Waals surface area contributed by atoms with Gasteiger partial charge in [0.05, 0.1) is 30.9 Å². The number of nitrogens with zero attached hydrogens (tertiary/aromatic N) is 1. The topological polar surface area (TPSA) is 55.8 Å². The number of hydrogen-bond acceptors (Lipinski definition) is 4. The molecule has 2 saturated heterocycles. The summed E-state index contributed by atoms with van der Waals surface area (Å²) in [6.07, 6.45) is -4.85. The molecule has 2 heterocycles. The van der Waals surface area contributed by atoms with Crippen LogP contribution in [0.4, 0.5) is 22.4 Å². The first-order valence-corrected chi connectivity index (χ1v) is 10.7.